The van der Waals surface area contributed by atoms with Gasteiger partial charge in [-0.25, -0.2) is 4.98 Å². The number of aryl methyl sites for hydroxylation is 1. The predicted molar refractivity (Wildman–Crippen MR) is 123 cm³/mol. The van der Waals surface area contributed by atoms with Gasteiger partial charge in [0.05, 0.1) is 22.8 Å². The number of anilines is 4. The van der Waals surface area contributed by atoms with Crippen LogP contribution in [-0.4, -0.2) is 40.6 Å². The highest BCUT2D eigenvalue weighted by atomic mass is 16.2. The van der Waals surface area contributed by atoms with Crippen LogP contribution in [0.25, 0.3) is 11.3 Å². The molecule has 2 amide bonds. The van der Waals surface area contributed by atoms with Crippen LogP contribution in [0.1, 0.15) is 32.9 Å². The van der Waals surface area contributed by atoms with Crippen LogP contribution < -0.4 is 20.9 Å². The van der Waals surface area contributed by atoms with Crippen molar-refractivity contribution < 1.29 is 13.7 Å². The molecule has 0 unspecified atom stereocenters. The van der Waals surface area contributed by atoms with Crippen LogP contribution in [0.4, 0.5) is 22.9 Å². The van der Waals surface area contributed by atoms with Crippen LogP contribution >= 0.6 is 0 Å². The van der Waals surface area contributed by atoms with Crippen LogP contribution in [0.15, 0.2) is 36.7 Å². The van der Waals surface area contributed by atoms with E-state index in [2.05, 4.69) is 25.6 Å². The van der Waals surface area contributed by atoms with Gasteiger partial charge >= 0.3 is 0 Å². The molecule has 2 aliphatic rings. The van der Waals surface area contributed by atoms with E-state index in [1.807, 2.05) is 43.8 Å². The average Bonchev–Trinajstić information content (AvgIpc) is 3.55. The summed E-state index contributed by atoms with van der Waals surface area (Å²) in [5, 5.41) is 12.6. The van der Waals surface area contributed by atoms with Gasteiger partial charge in [0.1, 0.15) is 11.4 Å². The molecule has 3 N–H and O–H groups in total. The van der Waals surface area contributed by atoms with Crippen LogP contribution in [0, 0.1) is 5.92 Å². The lowest BCUT2D eigenvalue weighted by molar-refractivity contribution is -0.117. The Morgan fingerprint density at radius 1 is 1.19 bits per heavy atom. The van der Waals surface area contributed by atoms with E-state index in [4.69, 9.17) is 4.11 Å². The molecular formula is C23H25N7O2. The molecule has 3 heterocycles. The highest BCUT2D eigenvalue weighted by Crippen LogP contribution is 2.43. The lowest BCUT2D eigenvalue weighted by atomic mass is 9.99. The zero-order valence-corrected chi connectivity index (χ0v) is 17.8. The van der Waals surface area contributed by atoms with Crippen molar-refractivity contribution in [2.75, 3.05) is 29.6 Å². The van der Waals surface area contributed by atoms with Crippen molar-refractivity contribution in [2.24, 2.45) is 13.0 Å². The number of benzene rings is 1. The molecule has 3 aromatic rings. The standard InChI is InChI=1S/C23H25N7O2/c1-24-23(32)18-16(9-10-25-21(18)27-22(31)13-7-8-13)26-17-6-4-5-15-19-14(12-30(3)28-19)11-29(2)20(15)17/h4-6,9-10,12-13H,7-8,11H2,1-3H3,(H,24,32)(H2,25,26,27,31)/i1D3. The fraction of sp³-hybridized carbons (Fsp3) is 0.304. The van der Waals surface area contributed by atoms with Gasteiger partial charge in [-0.1, -0.05) is 12.1 Å². The minimum absolute atomic E-state index is 0.0128. The first-order valence-electron chi connectivity index (χ1n) is 11.9. The third-order valence-corrected chi connectivity index (χ3v) is 5.74. The molecule has 0 bridgehead atoms. The third-order valence-electron chi connectivity index (χ3n) is 5.74. The molecule has 164 valence electrons. The summed E-state index contributed by atoms with van der Waals surface area (Å²) >= 11 is 0. The first-order valence-corrected chi connectivity index (χ1v) is 10.4. The van der Waals surface area contributed by atoms with Crippen molar-refractivity contribution >= 4 is 34.7 Å². The summed E-state index contributed by atoms with van der Waals surface area (Å²) in [6.07, 6.45) is 5.01. The minimum atomic E-state index is -2.70. The number of carbonyl (C=O) groups excluding carboxylic acids is 2. The minimum Gasteiger partial charge on any atom is -0.368 e. The predicted octanol–water partition coefficient (Wildman–Crippen LogP) is 2.88. The molecule has 1 aliphatic carbocycles. The van der Waals surface area contributed by atoms with Crippen LogP contribution in [0.3, 0.4) is 0 Å². The smallest absolute Gasteiger partial charge is 0.256 e. The quantitative estimate of drug-likeness (QED) is 0.570. The number of hydrogen-bond donors (Lipinski definition) is 3. The summed E-state index contributed by atoms with van der Waals surface area (Å²) in [6, 6.07) is 7.32. The second-order valence-electron chi connectivity index (χ2n) is 8.16. The number of carbonyl (C=O) groups is 2. The van der Waals surface area contributed by atoms with E-state index in [0.717, 1.165) is 35.3 Å². The maximum Gasteiger partial charge on any atom is 0.256 e. The molecule has 2 aromatic heterocycles. The molecule has 9 heteroatoms. The summed E-state index contributed by atoms with van der Waals surface area (Å²) in [6.45, 7) is -2.05. The fourth-order valence-corrected chi connectivity index (χ4v) is 4.12. The molecule has 32 heavy (non-hydrogen) atoms. The van der Waals surface area contributed by atoms with Crippen molar-refractivity contribution in [2.45, 2.75) is 19.4 Å². The molecule has 1 fully saturated rings. The van der Waals surface area contributed by atoms with Crippen LogP contribution in [0.2, 0.25) is 0 Å². The lowest BCUT2D eigenvalue weighted by Crippen LogP contribution is -2.25. The molecule has 1 saturated carbocycles. The fourth-order valence-electron chi connectivity index (χ4n) is 4.12. The maximum absolute atomic E-state index is 13.1. The number of nitrogens with one attached hydrogen (secondary N) is 3. The Bertz CT molecular complexity index is 1330. The maximum atomic E-state index is 13.1. The summed E-state index contributed by atoms with van der Waals surface area (Å²) in [4.78, 5) is 31.7. The van der Waals surface area contributed by atoms with Gasteiger partial charge < -0.3 is 20.9 Å². The topological polar surface area (TPSA) is 104 Å². The van der Waals surface area contributed by atoms with Gasteiger partial charge in [-0.05, 0) is 25.0 Å². The highest BCUT2D eigenvalue weighted by molar-refractivity contribution is 6.08. The van der Waals surface area contributed by atoms with Crippen molar-refractivity contribution in [3.63, 3.8) is 0 Å². The Kier molecular flexibility index (Phi) is 4.02. The summed E-state index contributed by atoms with van der Waals surface area (Å²) in [7, 11) is 3.85. The normalized spacial score (nSPS) is 16.2. The zero-order chi connectivity index (χ0) is 24.9. The van der Waals surface area contributed by atoms with E-state index in [1.165, 1.54) is 6.20 Å². The van der Waals surface area contributed by atoms with Crippen molar-refractivity contribution in [1.82, 2.24) is 20.1 Å². The van der Waals surface area contributed by atoms with E-state index in [0.29, 0.717) is 17.9 Å². The van der Waals surface area contributed by atoms with Crippen LogP contribution in [0.5, 0.6) is 0 Å². The molecule has 1 aliphatic heterocycles. The summed E-state index contributed by atoms with van der Waals surface area (Å²) in [5.74, 6) is -1.21. The molecule has 0 spiro atoms. The van der Waals surface area contributed by atoms with Gasteiger partial charge in [0.25, 0.3) is 5.91 Å². The second kappa shape index (κ2) is 7.67. The van der Waals surface area contributed by atoms with Gasteiger partial charge in [0, 0.05) is 61.2 Å². The van der Waals surface area contributed by atoms with E-state index in [9.17, 15) is 9.59 Å². The molecule has 1 aromatic carbocycles. The van der Waals surface area contributed by atoms with Gasteiger partial charge in [0.2, 0.25) is 5.91 Å². The van der Waals surface area contributed by atoms with Gasteiger partial charge in [-0.2, -0.15) is 5.10 Å². The summed E-state index contributed by atoms with van der Waals surface area (Å²) < 4.78 is 24.2. The van der Waals surface area contributed by atoms with Crippen molar-refractivity contribution in [1.29, 1.82) is 0 Å². The van der Waals surface area contributed by atoms with E-state index >= 15 is 0 Å². The molecule has 5 rings (SSSR count). The molecule has 0 atom stereocenters. The van der Waals surface area contributed by atoms with Crippen molar-refractivity contribution in [3.8, 4) is 11.3 Å². The number of aromatic nitrogens is 3. The van der Waals surface area contributed by atoms with E-state index in [1.54, 1.807) is 10.7 Å². The second-order valence-corrected chi connectivity index (χ2v) is 8.16. The number of rotatable bonds is 5. The molecular weight excluding hydrogens is 406 g/mol. The molecule has 0 saturated heterocycles. The number of fused-ring (bicyclic) bond motifs is 3. The Morgan fingerprint density at radius 2 is 2.03 bits per heavy atom. The third kappa shape index (κ3) is 3.45. The Labute approximate surface area is 190 Å². The Hall–Kier alpha value is -3.88. The van der Waals surface area contributed by atoms with E-state index in [-0.39, 0.29) is 23.2 Å². The first-order chi connectivity index (χ1) is 16.6. The summed E-state index contributed by atoms with van der Waals surface area (Å²) in [5.41, 5.74) is 4.79. The molecule has 9 nitrogen and oxygen atoms in total. The van der Waals surface area contributed by atoms with Gasteiger partial charge in [0.15, 0.2) is 0 Å². The number of pyridine rings is 1. The zero-order valence-electron chi connectivity index (χ0n) is 20.8. The first kappa shape index (κ1) is 16.8. The SMILES string of the molecule is [2H]C([2H])([2H])NC(=O)c1c(Nc2cccc3c2N(C)Cc2cn(C)nc2-3)ccnc1NC(=O)C1CC1. The number of amides is 2. The van der Waals surface area contributed by atoms with E-state index < -0.39 is 12.9 Å². The van der Waals surface area contributed by atoms with Crippen LogP contribution in [-0.2, 0) is 18.4 Å². The van der Waals surface area contributed by atoms with Gasteiger partial charge in [-0.15, -0.1) is 0 Å². The lowest BCUT2D eigenvalue weighted by Gasteiger charge is -2.29. The largest absolute Gasteiger partial charge is 0.368 e. The van der Waals surface area contributed by atoms with Gasteiger partial charge in [-0.3, -0.25) is 14.3 Å². The Balaban J connectivity index is 1.57. The Morgan fingerprint density at radius 3 is 2.81 bits per heavy atom. The number of para-hydroxylation sites is 1. The number of nitrogens with zero attached hydrogens (tertiary/aromatic N) is 4. The average molecular weight is 435 g/mol. The number of hydrogen-bond acceptors (Lipinski definition) is 6. The monoisotopic (exact) mass is 434 g/mol. The highest BCUT2D eigenvalue weighted by Gasteiger charge is 2.31. The molecule has 0 radical (unpaired) electrons. The van der Waals surface area contributed by atoms with Crippen molar-refractivity contribution in [3.05, 3.63) is 47.8 Å².